The summed E-state index contributed by atoms with van der Waals surface area (Å²) in [6, 6.07) is 0. The van der Waals surface area contributed by atoms with E-state index < -0.39 is 16.8 Å². The van der Waals surface area contributed by atoms with Gasteiger partial charge in [0.1, 0.15) is 16.4 Å². The van der Waals surface area contributed by atoms with Gasteiger partial charge >= 0.3 is 11.9 Å². The molecule has 0 aliphatic carbocycles. The number of ether oxygens (including phenoxy) is 1. The van der Waals surface area contributed by atoms with Crippen molar-refractivity contribution in [2.45, 2.75) is 6.92 Å². The second kappa shape index (κ2) is 4.53. The largest absolute Gasteiger partial charge is 0.465 e. The summed E-state index contributed by atoms with van der Waals surface area (Å²) < 4.78 is 13.2. The highest BCUT2D eigenvalue weighted by atomic mass is 32.1. The van der Waals surface area contributed by atoms with Crippen LogP contribution in [0.2, 0.25) is 0 Å². The van der Waals surface area contributed by atoms with Crippen LogP contribution in [0.5, 0.6) is 0 Å². The molecule has 0 atom stereocenters. The topological polar surface area (TPSA) is 108 Å². The Hall–Kier alpha value is -2.29. The van der Waals surface area contributed by atoms with Gasteiger partial charge in [0.25, 0.3) is 0 Å². The summed E-state index contributed by atoms with van der Waals surface area (Å²) in [6.45, 7) is 1.51. The SMILES string of the molecule is COC(=O)c1c([N+](=O)[O-])oc(C)c1-c1csnn1. The maximum absolute atomic E-state index is 11.6. The second-order valence-corrected chi connectivity index (χ2v) is 3.86. The van der Waals surface area contributed by atoms with E-state index in [2.05, 4.69) is 14.3 Å². The first-order chi connectivity index (χ1) is 8.56. The number of aryl methyl sites for hydroxylation is 1. The maximum Gasteiger partial charge on any atom is 0.448 e. The molecule has 0 unspecified atom stereocenters. The third-order valence-electron chi connectivity index (χ3n) is 2.24. The number of furan rings is 1. The molecule has 0 amide bonds. The number of hydrogen-bond donors (Lipinski definition) is 0. The standard InChI is InChI=1S/C9H7N3O5S/c1-4-6(5-3-18-11-10-5)7(9(13)16-2)8(17-4)12(14)15/h3H,1-2H3. The highest BCUT2D eigenvalue weighted by Gasteiger charge is 2.34. The maximum atomic E-state index is 11.6. The van der Waals surface area contributed by atoms with E-state index in [-0.39, 0.29) is 16.9 Å². The molecule has 0 radical (unpaired) electrons. The van der Waals surface area contributed by atoms with E-state index in [0.717, 1.165) is 18.6 Å². The molecule has 0 saturated heterocycles. The van der Waals surface area contributed by atoms with Gasteiger partial charge in [-0.05, 0) is 18.5 Å². The summed E-state index contributed by atoms with van der Waals surface area (Å²) in [6.07, 6.45) is 0. The molecule has 0 saturated carbocycles. The lowest BCUT2D eigenvalue weighted by molar-refractivity contribution is -0.402. The number of rotatable bonds is 3. The van der Waals surface area contributed by atoms with Gasteiger partial charge in [0.15, 0.2) is 5.56 Å². The number of nitro groups is 1. The molecule has 94 valence electrons. The normalized spacial score (nSPS) is 10.3. The Morgan fingerprint density at radius 1 is 1.61 bits per heavy atom. The van der Waals surface area contributed by atoms with Gasteiger partial charge in [0, 0.05) is 5.38 Å². The molecule has 0 spiro atoms. The molecule has 0 bridgehead atoms. The first-order valence-corrected chi connectivity index (χ1v) is 5.53. The zero-order chi connectivity index (χ0) is 13.3. The number of esters is 1. The van der Waals surface area contributed by atoms with Gasteiger partial charge in [-0.1, -0.05) is 4.49 Å². The zero-order valence-corrected chi connectivity index (χ0v) is 10.2. The van der Waals surface area contributed by atoms with Gasteiger partial charge in [0.2, 0.25) is 0 Å². The highest BCUT2D eigenvalue weighted by molar-refractivity contribution is 7.03. The van der Waals surface area contributed by atoms with Crippen molar-refractivity contribution in [3.63, 3.8) is 0 Å². The van der Waals surface area contributed by atoms with Crippen LogP contribution in [0, 0.1) is 17.0 Å². The summed E-state index contributed by atoms with van der Waals surface area (Å²) in [5.74, 6) is -1.28. The van der Waals surface area contributed by atoms with Crippen LogP contribution in [-0.2, 0) is 4.74 Å². The van der Waals surface area contributed by atoms with Crippen LogP contribution in [0.25, 0.3) is 11.3 Å². The predicted octanol–water partition coefficient (Wildman–Crippen LogP) is 1.80. The summed E-state index contributed by atoms with van der Waals surface area (Å²) in [7, 11) is 1.14. The minimum Gasteiger partial charge on any atom is -0.465 e. The number of carbonyl (C=O) groups excluding carboxylic acids is 1. The van der Waals surface area contributed by atoms with E-state index in [9.17, 15) is 14.9 Å². The van der Waals surface area contributed by atoms with Crippen molar-refractivity contribution in [1.82, 2.24) is 9.59 Å². The lowest BCUT2D eigenvalue weighted by Gasteiger charge is -1.97. The summed E-state index contributed by atoms with van der Waals surface area (Å²) >= 11 is 1.06. The molecule has 2 heterocycles. The van der Waals surface area contributed by atoms with Crippen LogP contribution in [0.15, 0.2) is 9.80 Å². The monoisotopic (exact) mass is 269 g/mol. The van der Waals surface area contributed by atoms with E-state index >= 15 is 0 Å². The Labute approximate surface area is 104 Å². The van der Waals surface area contributed by atoms with Crippen LogP contribution in [0.4, 0.5) is 5.88 Å². The summed E-state index contributed by atoms with van der Waals surface area (Å²) in [5.41, 5.74) is 0.338. The first kappa shape index (κ1) is 12.2. The molecular formula is C9H7N3O5S. The van der Waals surface area contributed by atoms with E-state index in [1.54, 1.807) is 5.38 Å². The van der Waals surface area contributed by atoms with Crippen molar-refractivity contribution in [3.05, 3.63) is 26.8 Å². The number of carbonyl (C=O) groups is 1. The number of nitrogens with zero attached hydrogens (tertiary/aromatic N) is 3. The Bertz CT molecular complexity index is 604. The lowest BCUT2D eigenvalue weighted by atomic mass is 10.1. The molecule has 2 rings (SSSR count). The second-order valence-electron chi connectivity index (χ2n) is 3.25. The Kier molecular flexibility index (Phi) is 3.06. The molecule has 2 aromatic rings. The van der Waals surface area contributed by atoms with Crippen LogP contribution in [-0.4, -0.2) is 27.6 Å². The minimum atomic E-state index is -0.846. The van der Waals surface area contributed by atoms with Crippen LogP contribution in [0.3, 0.4) is 0 Å². The van der Waals surface area contributed by atoms with Crippen molar-refractivity contribution in [3.8, 4) is 11.3 Å². The molecule has 0 N–H and O–H groups in total. The molecule has 8 nitrogen and oxygen atoms in total. The Morgan fingerprint density at radius 2 is 2.33 bits per heavy atom. The van der Waals surface area contributed by atoms with E-state index in [1.165, 1.54) is 6.92 Å². The molecule has 0 fully saturated rings. The fourth-order valence-corrected chi connectivity index (χ4v) is 1.98. The quantitative estimate of drug-likeness (QED) is 0.474. The molecule has 2 aromatic heterocycles. The summed E-state index contributed by atoms with van der Waals surface area (Å²) in [4.78, 5) is 21.7. The average molecular weight is 269 g/mol. The van der Waals surface area contributed by atoms with Crippen LogP contribution < -0.4 is 0 Å². The van der Waals surface area contributed by atoms with Gasteiger partial charge in [-0.3, -0.25) is 10.1 Å². The smallest absolute Gasteiger partial charge is 0.448 e. The van der Waals surface area contributed by atoms with Crippen LogP contribution in [0.1, 0.15) is 16.1 Å². The highest BCUT2D eigenvalue weighted by Crippen LogP contribution is 2.36. The van der Waals surface area contributed by atoms with Gasteiger partial charge in [0.05, 0.1) is 12.7 Å². The van der Waals surface area contributed by atoms with Gasteiger partial charge < -0.3 is 9.15 Å². The van der Waals surface area contributed by atoms with Crippen molar-refractivity contribution >= 4 is 23.4 Å². The van der Waals surface area contributed by atoms with Crippen LogP contribution >= 0.6 is 11.5 Å². The van der Waals surface area contributed by atoms with Crippen molar-refractivity contribution in [1.29, 1.82) is 0 Å². The number of methoxy groups -OCH3 is 1. The molecule has 0 aliphatic heterocycles. The van der Waals surface area contributed by atoms with Crippen molar-refractivity contribution in [2.75, 3.05) is 7.11 Å². The van der Waals surface area contributed by atoms with Gasteiger partial charge in [-0.25, -0.2) is 4.79 Å². The summed E-state index contributed by atoms with van der Waals surface area (Å²) in [5, 5.41) is 16.2. The van der Waals surface area contributed by atoms with Gasteiger partial charge in [-0.2, -0.15) is 0 Å². The molecule has 0 aliphatic rings. The van der Waals surface area contributed by atoms with Crippen molar-refractivity contribution < 1.29 is 18.9 Å². The minimum absolute atomic E-state index is 0.217. The van der Waals surface area contributed by atoms with E-state index in [1.807, 2.05) is 0 Å². The van der Waals surface area contributed by atoms with E-state index in [4.69, 9.17) is 4.42 Å². The Morgan fingerprint density at radius 3 is 2.83 bits per heavy atom. The number of hydrogen-bond acceptors (Lipinski definition) is 8. The fourth-order valence-electron chi connectivity index (χ4n) is 1.53. The third-order valence-corrected chi connectivity index (χ3v) is 2.74. The predicted molar refractivity (Wildman–Crippen MR) is 60.3 cm³/mol. The average Bonchev–Trinajstić information content (AvgIpc) is 2.94. The zero-order valence-electron chi connectivity index (χ0n) is 9.37. The molecule has 0 aromatic carbocycles. The number of aromatic nitrogens is 2. The van der Waals surface area contributed by atoms with Crippen molar-refractivity contribution in [2.24, 2.45) is 0 Å². The first-order valence-electron chi connectivity index (χ1n) is 4.69. The Balaban J connectivity index is 2.72. The fraction of sp³-hybridized carbons (Fsp3) is 0.222. The van der Waals surface area contributed by atoms with E-state index in [0.29, 0.717) is 5.69 Å². The molecule has 9 heteroatoms. The molecule has 18 heavy (non-hydrogen) atoms. The van der Waals surface area contributed by atoms with Gasteiger partial charge in [-0.15, -0.1) is 5.10 Å². The third kappa shape index (κ3) is 1.84. The molecular weight excluding hydrogens is 262 g/mol. The lowest BCUT2D eigenvalue weighted by Crippen LogP contribution is -2.05.